The molecule has 0 heterocycles. The van der Waals surface area contributed by atoms with Crippen molar-refractivity contribution < 1.29 is 14.2 Å². The maximum atomic E-state index is 6.19. The van der Waals surface area contributed by atoms with Gasteiger partial charge in [0.25, 0.3) is 0 Å². The summed E-state index contributed by atoms with van der Waals surface area (Å²) in [4.78, 5) is 2.38. The average Bonchev–Trinajstić information content (AvgIpc) is 2.95. The second-order valence-corrected chi connectivity index (χ2v) is 9.85. The lowest BCUT2D eigenvalue weighted by atomic mass is 9.93. The third kappa shape index (κ3) is 5.46. The van der Waals surface area contributed by atoms with E-state index in [0.29, 0.717) is 12.4 Å². The fourth-order valence-electron chi connectivity index (χ4n) is 5.21. The summed E-state index contributed by atoms with van der Waals surface area (Å²) in [7, 11) is 5.63. The first kappa shape index (κ1) is 25.6. The van der Waals surface area contributed by atoms with Gasteiger partial charge < -0.3 is 19.1 Å². The highest BCUT2D eigenvalue weighted by Gasteiger charge is 2.17. The molecule has 0 unspecified atom stereocenters. The summed E-state index contributed by atoms with van der Waals surface area (Å²) >= 11 is 0. The fraction of sp³-hybridized carbons (Fsp3) is 0.235. The number of hydrogen-bond donors (Lipinski definition) is 0. The van der Waals surface area contributed by atoms with Crippen LogP contribution in [0.5, 0.6) is 17.2 Å². The molecule has 0 spiro atoms. The molecule has 0 fully saturated rings. The highest BCUT2D eigenvalue weighted by molar-refractivity contribution is 6.13. The first-order valence-electron chi connectivity index (χ1n) is 13.1. The maximum absolute atomic E-state index is 6.19. The van der Waals surface area contributed by atoms with Crippen LogP contribution in [0.25, 0.3) is 21.5 Å². The summed E-state index contributed by atoms with van der Waals surface area (Å²) in [5.74, 6) is 2.36. The van der Waals surface area contributed by atoms with E-state index in [2.05, 4.69) is 91.7 Å². The van der Waals surface area contributed by atoms with Crippen molar-refractivity contribution in [1.82, 2.24) is 4.90 Å². The van der Waals surface area contributed by atoms with Crippen LogP contribution in [-0.2, 0) is 19.6 Å². The van der Waals surface area contributed by atoms with Crippen molar-refractivity contribution in [1.29, 1.82) is 0 Å². The average molecular weight is 506 g/mol. The number of likely N-dealkylation sites (N-methyl/N-ethyl adjacent to an activating group) is 1. The molecule has 0 radical (unpaired) electrons. The SMILES string of the molecule is COc1cc2c(ccc3c(CCN(C)Cc4ccccc4)cc(C)c(OC)c32)cc1OCc1ccccc1. The molecule has 0 saturated heterocycles. The summed E-state index contributed by atoms with van der Waals surface area (Å²) < 4.78 is 17.9. The van der Waals surface area contributed by atoms with Crippen LogP contribution in [0.3, 0.4) is 0 Å². The van der Waals surface area contributed by atoms with Gasteiger partial charge in [-0.1, -0.05) is 78.9 Å². The molecular weight excluding hydrogens is 470 g/mol. The van der Waals surface area contributed by atoms with Crippen molar-refractivity contribution in [3.05, 3.63) is 113 Å². The van der Waals surface area contributed by atoms with Crippen LogP contribution in [0.1, 0.15) is 22.3 Å². The molecule has 5 rings (SSSR count). The normalized spacial score (nSPS) is 11.3. The topological polar surface area (TPSA) is 30.9 Å². The summed E-state index contributed by atoms with van der Waals surface area (Å²) in [6.07, 6.45) is 0.950. The van der Waals surface area contributed by atoms with Gasteiger partial charge in [0, 0.05) is 18.5 Å². The molecule has 0 atom stereocenters. The quantitative estimate of drug-likeness (QED) is 0.183. The fourth-order valence-corrected chi connectivity index (χ4v) is 5.21. The van der Waals surface area contributed by atoms with E-state index in [1.807, 2.05) is 18.2 Å². The van der Waals surface area contributed by atoms with E-state index in [0.717, 1.165) is 58.3 Å². The third-order valence-corrected chi connectivity index (χ3v) is 7.13. The smallest absolute Gasteiger partial charge is 0.162 e. The van der Waals surface area contributed by atoms with Crippen molar-refractivity contribution in [2.24, 2.45) is 0 Å². The number of hydrogen-bond acceptors (Lipinski definition) is 4. The number of rotatable bonds is 10. The number of nitrogens with zero attached hydrogens (tertiary/aromatic N) is 1. The predicted octanol–water partition coefficient (Wildman–Crippen LogP) is 7.57. The molecule has 0 amide bonds. The lowest BCUT2D eigenvalue weighted by Crippen LogP contribution is -2.20. The lowest BCUT2D eigenvalue weighted by molar-refractivity contribution is 0.285. The van der Waals surface area contributed by atoms with Crippen LogP contribution in [0.15, 0.2) is 91.0 Å². The Morgan fingerprint density at radius 2 is 1.42 bits per heavy atom. The van der Waals surface area contributed by atoms with Gasteiger partial charge in [0.1, 0.15) is 12.4 Å². The zero-order valence-electron chi connectivity index (χ0n) is 22.7. The van der Waals surface area contributed by atoms with E-state index in [1.54, 1.807) is 14.2 Å². The minimum Gasteiger partial charge on any atom is -0.496 e. The van der Waals surface area contributed by atoms with Gasteiger partial charge in [-0.05, 0) is 70.9 Å². The van der Waals surface area contributed by atoms with Crippen LogP contribution in [0.4, 0.5) is 0 Å². The number of methoxy groups -OCH3 is 2. The number of aryl methyl sites for hydroxylation is 1. The van der Waals surface area contributed by atoms with Crippen molar-refractivity contribution in [3.8, 4) is 17.2 Å². The van der Waals surface area contributed by atoms with Crippen molar-refractivity contribution in [3.63, 3.8) is 0 Å². The minimum absolute atomic E-state index is 0.485. The zero-order valence-corrected chi connectivity index (χ0v) is 22.7. The highest BCUT2D eigenvalue weighted by atomic mass is 16.5. The molecule has 194 valence electrons. The zero-order chi connectivity index (χ0) is 26.5. The van der Waals surface area contributed by atoms with E-state index in [4.69, 9.17) is 14.2 Å². The van der Waals surface area contributed by atoms with Gasteiger partial charge in [-0.2, -0.15) is 0 Å². The molecule has 0 aliphatic rings. The van der Waals surface area contributed by atoms with Crippen LogP contribution in [-0.4, -0.2) is 32.7 Å². The van der Waals surface area contributed by atoms with E-state index in [1.165, 1.54) is 16.5 Å². The monoisotopic (exact) mass is 505 g/mol. The number of ether oxygens (including phenoxy) is 3. The Bertz CT molecular complexity index is 1530. The molecule has 0 N–H and O–H groups in total. The second-order valence-electron chi connectivity index (χ2n) is 9.85. The molecule has 0 aromatic heterocycles. The molecule has 0 aliphatic heterocycles. The van der Waals surface area contributed by atoms with Crippen molar-refractivity contribution in [2.75, 3.05) is 27.8 Å². The Morgan fingerprint density at radius 1 is 0.711 bits per heavy atom. The van der Waals surface area contributed by atoms with Gasteiger partial charge in [0.2, 0.25) is 0 Å². The Balaban J connectivity index is 1.50. The molecular formula is C34H35NO3. The van der Waals surface area contributed by atoms with Gasteiger partial charge in [0.15, 0.2) is 11.5 Å². The van der Waals surface area contributed by atoms with Crippen LogP contribution < -0.4 is 14.2 Å². The minimum atomic E-state index is 0.485. The summed E-state index contributed by atoms with van der Waals surface area (Å²) in [6.45, 7) is 4.51. The summed E-state index contributed by atoms with van der Waals surface area (Å²) in [5, 5.41) is 4.54. The first-order valence-corrected chi connectivity index (χ1v) is 13.1. The van der Waals surface area contributed by atoms with Gasteiger partial charge in [-0.25, -0.2) is 0 Å². The van der Waals surface area contributed by atoms with Gasteiger partial charge in [-0.3, -0.25) is 0 Å². The van der Waals surface area contributed by atoms with Gasteiger partial charge >= 0.3 is 0 Å². The first-order chi connectivity index (χ1) is 18.6. The third-order valence-electron chi connectivity index (χ3n) is 7.13. The Labute approximate surface area is 225 Å². The molecule has 38 heavy (non-hydrogen) atoms. The van der Waals surface area contributed by atoms with E-state index >= 15 is 0 Å². The highest BCUT2D eigenvalue weighted by Crippen LogP contribution is 2.42. The van der Waals surface area contributed by atoms with Gasteiger partial charge in [-0.15, -0.1) is 0 Å². The maximum Gasteiger partial charge on any atom is 0.162 e. The molecule has 0 aliphatic carbocycles. The van der Waals surface area contributed by atoms with Crippen LogP contribution >= 0.6 is 0 Å². The molecule has 0 saturated carbocycles. The van der Waals surface area contributed by atoms with E-state index < -0.39 is 0 Å². The molecule has 5 aromatic rings. The second kappa shape index (κ2) is 11.6. The van der Waals surface area contributed by atoms with Crippen LogP contribution in [0.2, 0.25) is 0 Å². The van der Waals surface area contributed by atoms with Gasteiger partial charge in [0.05, 0.1) is 14.2 Å². The van der Waals surface area contributed by atoms with E-state index in [9.17, 15) is 0 Å². The Hall–Kier alpha value is -4.02. The summed E-state index contributed by atoms with van der Waals surface area (Å²) in [5.41, 5.74) is 4.90. The molecule has 5 aromatic carbocycles. The van der Waals surface area contributed by atoms with Crippen molar-refractivity contribution >= 4 is 21.5 Å². The predicted molar refractivity (Wildman–Crippen MR) is 157 cm³/mol. The summed E-state index contributed by atoms with van der Waals surface area (Å²) in [6, 6.07) is 31.6. The Morgan fingerprint density at radius 3 is 2.11 bits per heavy atom. The number of benzene rings is 5. The lowest BCUT2D eigenvalue weighted by Gasteiger charge is -2.20. The number of fused-ring (bicyclic) bond motifs is 3. The van der Waals surface area contributed by atoms with Crippen molar-refractivity contribution in [2.45, 2.75) is 26.5 Å². The van der Waals surface area contributed by atoms with Crippen LogP contribution in [0, 0.1) is 6.92 Å². The molecule has 4 nitrogen and oxygen atoms in total. The Kier molecular flexibility index (Phi) is 7.81. The molecule has 4 heteroatoms. The molecule has 0 bridgehead atoms. The van der Waals surface area contributed by atoms with E-state index in [-0.39, 0.29) is 0 Å². The largest absolute Gasteiger partial charge is 0.496 e. The standard InChI is InChI=1S/C34H35NO3/c1-24-19-28(17-18-35(2)22-25-11-7-5-8-12-25)29-16-15-27-20-32(38-23-26-13-9-6-10-14-26)31(36-3)21-30(27)33(29)34(24)37-4/h5-16,19-21H,17-18,22-23H2,1-4H3.